The molecule has 9 nitrogen and oxygen atoms in total. The van der Waals surface area contributed by atoms with Crippen molar-refractivity contribution in [3.05, 3.63) is 77.9 Å². The Morgan fingerprint density at radius 3 is 1.85 bits per heavy atom. The lowest BCUT2D eigenvalue weighted by atomic mass is 9.78. The van der Waals surface area contributed by atoms with Gasteiger partial charge in [0.15, 0.2) is 0 Å². The van der Waals surface area contributed by atoms with Gasteiger partial charge < -0.3 is 28.8 Å². The molecule has 0 spiro atoms. The van der Waals surface area contributed by atoms with Crippen LogP contribution in [0.2, 0.25) is 0 Å². The Hall–Kier alpha value is -3.85. The molecular weight excluding hydrogens is 522 g/mol. The fourth-order valence-electron chi connectivity index (χ4n) is 4.28. The number of hydrogen-bond acceptors (Lipinski definition) is 8. The number of esters is 2. The number of H-pyrrole nitrogens is 1. The zero-order chi connectivity index (χ0) is 29.5. The van der Waals surface area contributed by atoms with Gasteiger partial charge in [-0.15, -0.1) is 0 Å². The molecule has 0 radical (unpaired) electrons. The Kier molecular flexibility index (Phi) is 12.7. The molecule has 0 amide bonds. The molecule has 0 aliphatic rings. The molecule has 0 saturated carbocycles. The molecule has 9 heteroatoms. The Balaban J connectivity index is 1.36. The first-order chi connectivity index (χ1) is 19.8. The van der Waals surface area contributed by atoms with Crippen LogP contribution in [0.15, 0.2) is 61.1 Å². The summed E-state index contributed by atoms with van der Waals surface area (Å²) < 4.78 is 21.9. The van der Waals surface area contributed by atoms with Crippen molar-refractivity contribution >= 4 is 11.9 Å². The number of benzene rings is 2. The lowest BCUT2D eigenvalue weighted by Crippen LogP contribution is -2.29. The maximum atomic E-state index is 12.2. The van der Waals surface area contributed by atoms with E-state index in [9.17, 15) is 9.59 Å². The van der Waals surface area contributed by atoms with Gasteiger partial charge in [0.1, 0.15) is 37.9 Å². The smallest absolute Gasteiger partial charge is 0.307 e. The van der Waals surface area contributed by atoms with Crippen molar-refractivity contribution in [2.75, 3.05) is 46.1 Å². The molecule has 3 rings (SSSR count). The number of nitrogens with one attached hydrogen (secondary N) is 1. The Morgan fingerprint density at radius 1 is 0.805 bits per heavy atom. The van der Waals surface area contributed by atoms with Crippen molar-refractivity contribution < 1.29 is 28.5 Å². The average molecular weight is 566 g/mol. The molecule has 0 unspecified atom stereocenters. The molecule has 41 heavy (non-hydrogen) atoms. The Morgan fingerprint density at radius 2 is 1.37 bits per heavy atom. The van der Waals surface area contributed by atoms with Crippen LogP contribution in [0.5, 0.6) is 11.5 Å². The number of aromatic nitrogens is 2. The van der Waals surface area contributed by atoms with Gasteiger partial charge in [-0.1, -0.05) is 52.0 Å². The van der Waals surface area contributed by atoms with Crippen LogP contribution in [0.1, 0.15) is 57.4 Å². The van der Waals surface area contributed by atoms with E-state index in [4.69, 9.17) is 18.9 Å². The Bertz CT molecular complexity index is 1180. The predicted octanol–water partition coefficient (Wildman–Crippen LogP) is 4.94. The van der Waals surface area contributed by atoms with E-state index in [-0.39, 0.29) is 30.6 Å². The van der Waals surface area contributed by atoms with Crippen molar-refractivity contribution in [2.24, 2.45) is 0 Å². The summed E-state index contributed by atoms with van der Waals surface area (Å²) in [5.41, 5.74) is 3.15. The van der Waals surface area contributed by atoms with E-state index in [2.05, 4.69) is 47.8 Å². The van der Waals surface area contributed by atoms with Crippen LogP contribution in [0, 0.1) is 0 Å². The fourth-order valence-corrected chi connectivity index (χ4v) is 4.28. The first-order valence-corrected chi connectivity index (χ1v) is 14.3. The summed E-state index contributed by atoms with van der Waals surface area (Å²) in [4.78, 5) is 32.7. The molecule has 0 saturated heterocycles. The number of ether oxygens (including phenoxy) is 4. The van der Waals surface area contributed by atoms with Gasteiger partial charge in [-0.2, -0.15) is 0 Å². The number of carbonyl (C=O) groups excluding carboxylic acids is 2. The molecule has 1 N–H and O–H groups in total. The van der Waals surface area contributed by atoms with Gasteiger partial charge in [-0.3, -0.25) is 9.59 Å². The lowest BCUT2D eigenvalue weighted by molar-refractivity contribution is -0.145. The van der Waals surface area contributed by atoms with Crippen LogP contribution in [0.25, 0.3) is 0 Å². The van der Waals surface area contributed by atoms with E-state index >= 15 is 0 Å². The maximum absolute atomic E-state index is 12.2. The lowest BCUT2D eigenvalue weighted by Gasteiger charge is -2.26. The van der Waals surface area contributed by atoms with Crippen molar-refractivity contribution in [1.82, 2.24) is 14.9 Å². The summed E-state index contributed by atoms with van der Waals surface area (Å²) in [5, 5.41) is 0. The van der Waals surface area contributed by atoms with Crippen molar-refractivity contribution in [2.45, 2.75) is 52.4 Å². The third kappa shape index (κ3) is 10.6. The molecule has 3 aromatic rings. The molecule has 2 aromatic carbocycles. The molecule has 0 atom stereocenters. The first kappa shape index (κ1) is 31.7. The molecule has 222 valence electrons. The molecular formula is C32H43N3O6. The maximum Gasteiger partial charge on any atom is 0.307 e. The van der Waals surface area contributed by atoms with Crippen LogP contribution in [0.4, 0.5) is 0 Å². The van der Waals surface area contributed by atoms with E-state index in [1.807, 2.05) is 42.6 Å². The van der Waals surface area contributed by atoms with E-state index in [1.54, 1.807) is 13.3 Å². The standard InChI is InChI=1S/C32H43N3O6/c1-5-30(36)40-21-19-38-28-11-7-25(8-12-28)32(3,4)26-9-13-29(14-10-26)39-20-22-41-31(37)16-18-35(6-2)17-15-27-23-33-24-34-27/h7-14,23-24H,5-6,15-22H2,1-4H3,(H,33,34). The number of carbonyl (C=O) groups is 2. The molecule has 0 bridgehead atoms. The molecule has 0 fully saturated rings. The molecule has 0 aliphatic heterocycles. The number of likely N-dealkylation sites (N-methyl/N-ethyl adjacent to an activating group) is 1. The molecule has 0 aliphatic carbocycles. The highest BCUT2D eigenvalue weighted by Gasteiger charge is 2.23. The predicted molar refractivity (Wildman–Crippen MR) is 157 cm³/mol. The van der Waals surface area contributed by atoms with Gasteiger partial charge in [-0.05, 0) is 41.9 Å². The number of rotatable bonds is 18. The number of aromatic amines is 1. The topological polar surface area (TPSA) is 103 Å². The van der Waals surface area contributed by atoms with Gasteiger partial charge in [0, 0.05) is 43.2 Å². The van der Waals surface area contributed by atoms with Crippen LogP contribution < -0.4 is 9.47 Å². The summed E-state index contributed by atoms with van der Waals surface area (Å²) >= 11 is 0. The summed E-state index contributed by atoms with van der Waals surface area (Å²) in [7, 11) is 0. The normalized spacial score (nSPS) is 11.3. The van der Waals surface area contributed by atoms with Gasteiger partial charge >= 0.3 is 11.9 Å². The van der Waals surface area contributed by atoms with Crippen LogP contribution in [0.3, 0.4) is 0 Å². The van der Waals surface area contributed by atoms with E-state index in [1.165, 1.54) is 0 Å². The fraction of sp³-hybridized carbons (Fsp3) is 0.469. The van der Waals surface area contributed by atoms with Gasteiger partial charge in [-0.25, -0.2) is 4.98 Å². The van der Waals surface area contributed by atoms with Crippen LogP contribution in [-0.2, 0) is 30.9 Å². The van der Waals surface area contributed by atoms with Gasteiger partial charge in [0.05, 0.1) is 12.7 Å². The Labute approximate surface area is 243 Å². The third-order valence-corrected chi connectivity index (χ3v) is 7.00. The van der Waals surface area contributed by atoms with E-state index < -0.39 is 0 Å². The highest BCUT2D eigenvalue weighted by atomic mass is 16.6. The summed E-state index contributed by atoms with van der Waals surface area (Å²) in [6.45, 7) is 11.6. The summed E-state index contributed by atoms with van der Waals surface area (Å²) in [6.07, 6.45) is 5.08. The van der Waals surface area contributed by atoms with Crippen LogP contribution >= 0.6 is 0 Å². The minimum absolute atomic E-state index is 0.210. The average Bonchev–Trinajstić information content (AvgIpc) is 3.52. The van der Waals surface area contributed by atoms with Crippen molar-refractivity contribution in [1.29, 1.82) is 0 Å². The minimum atomic E-state index is -0.228. The van der Waals surface area contributed by atoms with Gasteiger partial charge in [0.2, 0.25) is 0 Å². The molecule has 1 heterocycles. The zero-order valence-electron chi connectivity index (χ0n) is 24.7. The van der Waals surface area contributed by atoms with Crippen molar-refractivity contribution in [3.63, 3.8) is 0 Å². The second-order valence-corrected chi connectivity index (χ2v) is 10.2. The monoisotopic (exact) mass is 565 g/mol. The SMILES string of the molecule is CCC(=O)OCCOc1ccc(C(C)(C)c2ccc(OCCOC(=O)CCN(CC)CCc3cnc[nH]3)cc2)cc1. The second kappa shape index (κ2) is 16.4. The van der Waals surface area contributed by atoms with E-state index in [0.717, 1.165) is 47.8 Å². The first-order valence-electron chi connectivity index (χ1n) is 14.3. The van der Waals surface area contributed by atoms with Crippen molar-refractivity contribution in [3.8, 4) is 11.5 Å². The minimum Gasteiger partial charge on any atom is -0.490 e. The van der Waals surface area contributed by atoms with E-state index in [0.29, 0.717) is 32.6 Å². The summed E-state index contributed by atoms with van der Waals surface area (Å²) in [6, 6.07) is 15.9. The van der Waals surface area contributed by atoms with Gasteiger partial charge in [0.25, 0.3) is 0 Å². The zero-order valence-corrected chi connectivity index (χ0v) is 24.7. The highest BCUT2D eigenvalue weighted by Crippen LogP contribution is 2.33. The summed E-state index contributed by atoms with van der Waals surface area (Å²) in [5.74, 6) is 1.01. The third-order valence-electron chi connectivity index (χ3n) is 7.00. The molecule has 1 aromatic heterocycles. The highest BCUT2D eigenvalue weighted by molar-refractivity contribution is 5.69. The number of imidazole rings is 1. The number of hydrogen-bond donors (Lipinski definition) is 1. The number of nitrogens with zero attached hydrogens (tertiary/aromatic N) is 2. The second-order valence-electron chi connectivity index (χ2n) is 10.2. The largest absolute Gasteiger partial charge is 0.490 e. The van der Waals surface area contributed by atoms with Crippen LogP contribution in [-0.4, -0.2) is 72.9 Å². The quantitative estimate of drug-likeness (QED) is 0.171.